The second kappa shape index (κ2) is 8.04. The monoisotopic (exact) mass is 230 g/mol. The van der Waals surface area contributed by atoms with Gasteiger partial charge in [-0.05, 0) is 38.3 Å². The minimum Gasteiger partial charge on any atom is -0.395 e. The van der Waals surface area contributed by atoms with Crippen LogP contribution in [-0.2, 0) is 0 Å². The zero-order valence-corrected chi connectivity index (χ0v) is 11.6. The Bertz CT molecular complexity index is 171. The van der Waals surface area contributed by atoms with E-state index in [9.17, 15) is 5.11 Å². The first kappa shape index (κ1) is 15.9. The van der Waals surface area contributed by atoms with Crippen molar-refractivity contribution in [3.63, 3.8) is 0 Å². The first-order valence-electron chi connectivity index (χ1n) is 6.45. The summed E-state index contributed by atoms with van der Waals surface area (Å²) >= 11 is 0. The number of nitrogens with two attached hydrogens (primary N) is 1. The molecule has 0 heterocycles. The van der Waals surface area contributed by atoms with E-state index in [0.29, 0.717) is 11.8 Å². The molecule has 3 nitrogen and oxygen atoms in total. The van der Waals surface area contributed by atoms with E-state index >= 15 is 0 Å². The Morgan fingerprint density at radius 3 is 2.06 bits per heavy atom. The van der Waals surface area contributed by atoms with Gasteiger partial charge in [-0.3, -0.25) is 4.90 Å². The van der Waals surface area contributed by atoms with Crippen LogP contribution in [0.15, 0.2) is 0 Å². The number of likely N-dealkylation sites (N-methyl/N-ethyl adjacent to an activating group) is 1. The van der Waals surface area contributed by atoms with Crippen LogP contribution in [0.1, 0.15) is 40.5 Å². The Morgan fingerprint density at radius 1 is 1.12 bits per heavy atom. The standard InChI is InChI=1S/C13H30N2O/c1-10(2)6-7-15(5)13(9-16)12(14)8-11(3)4/h10-13,16H,6-9,14H2,1-5H3. The van der Waals surface area contributed by atoms with Crippen LogP contribution in [-0.4, -0.2) is 42.3 Å². The third-order valence-electron chi connectivity index (χ3n) is 3.05. The molecule has 0 spiro atoms. The van der Waals surface area contributed by atoms with Crippen LogP contribution in [0, 0.1) is 11.8 Å². The van der Waals surface area contributed by atoms with E-state index in [2.05, 4.69) is 39.6 Å². The lowest BCUT2D eigenvalue weighted by Gasteiger charge is -2.32. The largest absolute Gasteiger partial charge is 0.395 e. The van der Waals surface area contributed by atoms with E-state index in [1.165, 1.54) is 0 Å². The fraction of sp³-hybridized carbons (Fsp3) is 1.00. The molecule has 3 heteroatoms. The van der Waals surface area contributed by atoms with Crippen molar-refractivity contribution in [2.75, 3.05) is 20.2 Å². The molecule has 0 rings (SSSR count). The number of aliphatic hydroxyl groups excluding tert-OH is 1. The van der Waals surface area contributed by atoms with Gasteiger partial charge in [0.1, 0.15) is 0 Å². The molecule has 0 bridgehead atoms. The van der Waals surface area contributed by atoms with E-state index in [4.69, 9.17) is 5.73 Å². The maximum Gasteiger partial charge on any atom is 0.0601 e. The van der Waals surface area contributed by atoms with Gasteiger partial charge >= 0.3 is 0 Å². The normalized spacial score (nSPS) is 16.1. The van der Waals surface area contributed by atoms with Gasteiger partial charge in [-0.15, -0.1) is 0 Å². The van der Waals surface area contributed by atoms with Gasteiger partial charge in [0.2, 0.25) is 0 Å². The van der Waals surface area contributed by atoms with Crippen molar-refractivity contribution in [1.29, 1.82) is 0 Å². The zero-order valence-electron chi connectivity index (χ0n) is 11.6. The highest BCUT2D eigenvalue weighted by atomic mass is 16.3. The Balaban J connectivity index is 4.13. The highest BCUT2D eigenvalue weighted by Crippen LogP contribution is 2.11. The van der Waals surface area contributed by atoms with Crippen molar-refractivity contribution in [1.82, 2.24) is 4.90 Å². The van der Waals surface area contributed by atoms with Gasteiger partial charge in [0.05, 0.1) is 6.61 Å². The van der Waals surface area contributed by atoms with Crippen molar-refractivity contribution in [2.45, 2.75) is 52.6 Å². The average molecular weight is 230 g/mol. The van der Waals surface area contributed by atoms with Gasteiger partial charge in [-0.1, -0.05) is 27.7 Å². The van der Waals surface area contributed by atoms with Gasteiger partial charge in [-0.2, -0.15) is 0 Å². The smallest absolute Gasteiger partial charge is 0.0601 e. The summed E-state index contributed by atoms with van der Waals surface area (Å²) in [5.74, 6) is 1.28. The van der Waals surface area contributed by atoms with Gasteiger partial charge in [0.15, 0.2) is 0 Å². The molecule has 0 aliphatic rings. The average Bonchev–Trinajstić information content (AvgIpc) is 2.14. The molecule has 0 aliphatic heterocycles. The molecule has 0 aromatic heterocycles. The van der Waals surface area contributed by atoms with E-state index in [0.717, 1.165) is 19.4 Å². The zero-order chi connectivity index (χ0) is 12.7. The first-order valence-corrected chi connectivity index (χ1v) is 6.45. The van der Waals surface area contributed by atoms with Gasteiger partial charge in [0, 0.05) is 12.1 Å². The van der Waals surface area contributed by atoms with Crippen molar-refractivity contribution in [3.8, 4) is 0 Å². The molecule has 16 heavy (non-hydrogen) atoms. The molecule has 0 radical (unpaired) electrons. The summed E-state index contributed by atoms with van der Waals surface area (Å²) in [6.45, 7) is 9.94. The van der Waals surface area contributed by atoms with E-state index < -0.39 is 0 Å². The van der Waals surface area contributed by atoms with Crippen LogP contribution >= 0.6 is 0 Å². The van der Waals surface area contributed by atoms with Gasteiger partial charge < -0.3 is 10.8 Å². The van der Waals surface area contributed by atoms with E-state index in [1.807, 2.05) is 0 Å². The lowest BCUT2D eigenvalue weighted by Crippen LogP contribution is -2.49. The van der Waals surface area contributed by atoms with Crippen LogP contribution in [0.2, 0.25) is 0 Å². The number of nitrogens with zero attached hydrogens (tertiary/aromatic N) is 1. The number of aliphatic hydroxyl groups is 1. The summed E-state index contributed by atoms with van der Waals surface area (Å²) in [5, 5.41) is 9.42. The Hall–Kier alpha value is -0.120. The maximum atomic E-state index is 9.42. The van der Waals surface area contributed by atoms with E-state index in [1.54, 1.807) is 0 Å². The molecule has 0 aromatic carbocycles. The second-order valence-corrected chi connectivity index (χ2v) is 5.71. The van der Waals surface area contributed by atoms with Crippen LogP contribution < -0.4 is 5.73 Å². The minimum atomic E-state index is 0.0714. The number of rotatable bonds is 8. The molecule has 0 saturated heterocycles. The molecule has 3 N–H and O–H groups in total. The second-order valence-electron chi connectivity index (χ2n) is 5.71. The lowest BCUT2D eigenvalue weighted by atomic mass is 9.97. The molecular formula is C13H30N2O. The summed E-state index contributed by atoms with van der Waals surface area (Å²) in [6.07, 6.45) is 2.12. The molecule has 2 unspecified atom stereocenters. The molecule has 0 aliphatic carbocycles. The predicted octanol–water partition coefficient (Wildman–Crippen LogP) is 1.70. The molecular weight excluding hydrogens is 200 g/mol. The van der Waals surface area contributed by atoms with Gasteiger partial charge in [-0.25, -0.2) is 0 Å². The lowest BCUT2D eigenvalue weighted by molar-refractivity contribution is 0.116. The van der Waals surface area contributed by atoms with Crippen molar-refractivity contribution in [3.05, 3.63) is 0 Å². The molecule has 2 atom stereocenters. The first-order chi connectivity index (χ1) is 7.38. The summed E-state index contributed by atoms with van der Waals surface area (Å²) in [6, 6.07) is 0.170. The Kier molecular flexibility index (Phi) is 7.98. The topological polar surface area (TPSA) is 49.5 Å². The Morgan fingerprint density at radius 2 is 1.69 bits per heavy atom. The summed E-state index contributed by atoms with van der Waals surface area (Å²) < 4.78 is 0. The SMILES string of the molecule is CC(C)CCN(C)C(CO)C(N)CC(C)C. The van der Waals surface area contributed by atoms with Crippen molar-refractivity contribution in [2.24, 2.45) is 17.6 Å². The number of hydrogen-bond acceptors (Lipinski definition) is 3. The van der Waals surface area contributed by atoms with Crippen LogP contribution in [0.5, 0.6) is 0 Å². The summed E-state index contributed by atoms with van der Waals surface area (Å²) in [5.41, 5.74) is 6.14. The van der Waals surface area contributed by atoms with Crippen LogP contribution in [0.4, 0.5) is 0 Å². The molecule has 0 aromatic rings. The molecule has 0 saturated carbocycles. The Labute approximate surface area is 101 Å². The minimum absolute atomic E-state index is 0.0714. The highest BCUT2D eigenvalue weighted by Gasteiger charge is 2.22. The quantitative estimate of drug-likeness (QED) is 0.667. The van der Waals surface area contributed by atoms with Crippen LogP contribution in [0.25, 0.3) is 0 Å². The van der Waals surface area contributed by atoms with Crippen molar-refractivity contribution < 1.29 is 5.11 Å². The third-order valence-corrected chi connectivity index (χ3v) is 3.05. The van der Waals surface area contributed by atoms with Crippen LogP contribution in [0.3, 0.4) is 0 Å². The fourth-order valence-corrected chi connectivity index (χ4v) is 1.93. The van der Waals surface area contributed by atoms with E-state index in [-0.39, 0.29) is 18.7 Å². The summed E-state index contributed by atoms with van der Waals surface area (Å²) in [7, 11) is 2.06. The third kappa shape index (κ3) is 6.46. The maximum absolute atomic E-state index is 9.42. The van der Waals surface area contributed by atoms with Gasteiger partial charge in [0.25, 0.3) is 0 Å². The molecule has 0 amide bonds. The summed E-state index contributed by atoms with van der Waals surface area (Å²) in [4.78, 5) is 2.20. The number of hydrogen-bond donors (Lipinski definition) is 2. The fourth-order valence-electron chi connectivity index (χ4n) is 1.93. The van der Waals surface area contributed by atoms with Crippen molar-refractivity contribution >= 4 is 0 Å². The highest BCUT2D eigenvalue weighted by molar-refractivity contribution is 4.81. The predicted molar refractivity (Wildman–Crippen MR) is 70.4 cm³/mol. The molecule has 98 valence electrons. The molecule has 0 fully saturated rings.